The Bertz CT molecular complexity index is 5420. The van der Waals surface area contributed by atoms with Crippen LogP contribution < -0.4 is 0 Å². The number of hydrogen-bond acceptors (Lipinski definition) is 17. The fourth-order valence-corrected chi connectivity index (χ4v) is 11.6. The van der Waals surface area contributed by atoms with Crippen LogP contribution in [0.2, 0.25) is 0 Å². The van der Waals surface area contributed by atoms with Crippen molar-refractivity contribution in [3.63, 3.8) is 0 Å². The van der Waals surface area contributed by atoms with Gasteiger partial charge in [0.15, 0.2) is 0 Å². The zero-order chi connectivity index (χ0) is 86.6. The molecule has 121 heavy (non-hydrogen) atoms. The minimum Gasteiger partial charge on any atom is -0.305 e. The molecule has 0 bridgehead atoms. The van der Waals surface area contributed by atoms with Gasteiger partial charge in [0.2, 0.25) is 0 Å². The molecule has 8 heterocycles. The Balaban J connectivity index is 0.000000284. The SMILES string of the molecule is CC(C)(C)Cc1ccnc(-c2[c-]ccc(-c3nc(C(C)(C)C)nc(C(C)(C)C)n3)c2)c1.CC(C)(C)c1ccc(-c2[c-]ccc(-c3nc(C(C)(C)C)nc(C(C)(C)C)n3)c2)nc1.Cc1cccnc1-c1[c-]ccc(-c2nc(C(C)(C)C)nc(C(C)(C)C)n2)c1.Cc1ccnc(-c2[c-]c(C#N)cc(-c3nc(C(C)(C)C)nc(C(C)(C)C)n3)c2)c1.[Ir].[Ir].[Ir].[Ir]. The first-order valence-corrected chi connectivity index (χ1v) is 40.4. The van der Waals surface area contributed by atoms with Crippen LogP contribution in [-0.2, 0) is 136 Å². The third-order valence-electron chi connectivity index (χ3n) is 18.5. The number of aromatic nitrogens is 16. The van der Waals surface area contributed by atoms with Gasteiger partial charge in [-0.2, -0.15) is 0 Å². The van der Waals surface area contributed by atoms with Crippen molar-refractivity contribution in [1.82, 2.24) is 79.7 Å². The average Bonchev–Trinajstić information content (AvgIpc) is 0.819. The second kappa shape index (κ2) is 40.5. The summed E-state index contributed by atoms with van der Waals surface area (Å²) in [7, 11) is 0. The largest absolute Gasteiger partial charge is 0.305 e. The van der Waals surface area contributed by atoms with Crippen LogP contribution in [0.4, 0.5) is 0 Å². The van der Waals surface area contributed by atoms with Gasteiger partial charge in [-0.15, -0.1) is 108 Å². The van der Waals surface area contributed by atoms with Gasteiger partial charge in [0, 0.05) is 154 Å². The summed E-state index contributed by atoms with van der Waals surface area (Å²) in [5.74, 6) is 8.96. The van der Waals surface area contributed by atoms with E-state index in [1.807, 2.05) is 80.0 Å². The van der Waals surface area contributed by atoms with E-state index in [1.54, 1.807) is 18.5 Å². The molecule has 17 nitrogen and oxygen atoms in total. The first-order valence-electron chi connectivity index (χ1n) is 40.4. The van der Waals surface area contributed by atoms with E-state index in [0.717, 1.165) is 131 Å². The second-order valence-electron chi connectivity index (χ2n) is 40.9. The monoisotopic (exact) mass is 2330 g/mol. The van der Waals surface area contributed by atoms with Crippen molar-refractivity contribution in [2.75, 3.05) is 0 Å². The normalized spacial score (nSPS) is 12.1. The molecule has 0 amide bonds. The van der Waals surface area contributed by atoms with Crippen LogP contribution in [0.5, 0.6) is 0 Å². The van der Waals surface area contributed by atoms with Gasteiger partial charge in [-0.05, 0) is 83.6 Å². The summed E-state index contributed by atoms with van der Waals surface area (Å²) in [6.07, 6.45) is 8.40. The molecule has 0 spiro atoms. The van der Waals surface area contributed by atoms with E-state index in [-0.39, 0.29) is 135 Å². The van der Waals surface area contributed by atoms with Crippen molar-refractivity contribution < 1.29 is 80.4 Å². The second-order valence-corrected chi connectivity index (χ2v) is 40.9. The molecule has 12 rings (SSSR count). The van der Waals surface area contributed by atoms with Gasteiger partial charge >= 0.3 is 0 Å². The fourth-order valence-electron chi connectivity index (χ4n) is 11.6. The van der Waals surface area contributed by atoms with Crippen molar-refractivity contribution in [1.29, 1.82) is 5.26 Å². The molecule has 12 aromatic rings. The Hall–Kier alpha value is -8.39. The molecule has 0 aliphatic rings. The predicted octanol–water partition coefficient (Wildman–Crippen LogP) is 23.3. The summed E-state index contributed by atoms with van der Waals surface area (Å²) in [6, 6.07) is 53.3. The van der Waals surface area contributed by atoms with E-state index in [2.05, 4.69) is 313 Å². The summed E-state index contributed by atoms with van der Waals surface area (Å²) >= 11 is 0. The minimum absolute atomic E-state index is 0. The van der Waals surface area contributed by atoms with E-state index in [4.69, 9.17) is 59.8 Å². The van der Waals surface area contributed by atoms with Crippen LogP contribution in [0.15, 0.2) is 140 Å². The minimum atomic E-state index is -0.225. The zero-order valence-electron chi connectivity index (χ0n) is 76.9. The number of aryl methyl sites for hydroxylation is 2. The first-order chi connectivity index (χ1) is 54.0. The number of benzene rings is 4. The number of hydrogen-bond donors (Lipinski definition) is 0. The first kappa shape index (κ1) is 103. The van der Waals surface area contributed by atoms with Gasteiger partial charge in [0.05, 0.1) is 0 Å². The standard InChI is InChI=1S/C27H35N4.C26H33N4.C24H26N5.C23H27N4.4Ir/c1-25(2,3)17-18-13-14-28-21(15-18)19-11-10-12-20(16-19)22-29-23(26(4,5)6)31-24(30-22)27(7,8)9;1-24(2,3)19-13-14-20(27-16-19)17-11-10-12-18(15-17)21-28-22(25(4,5)6)30-23(29-21)26(7,8)9;1-15-8-9-26-19(10-15)17-11-16(14-25)12-18(13-17)20-27-21(23(2,3)4)29-22(28-20)24(5,6)7;1-15-10-9-13-24-18(15)16-11-8-12-17(14-16)19-25-20(22(2,3)4)27-21(26-19)23(5,6)7;;;;/h10,12-16H,17H2,1-9H3;10,12-16H,1-9H3;8-10,12-13H,1-7H3;8-10,12-14H,1-7H3;;;;/q4*-1;;;;. The fraction of sp³-hybridized carbons (Fsp3) is 0.430. The zero-order valence-corrected chi connectivity index (χ0v) is 86.5. The Morgan fingerprint density at radius 3 is 1.00 bits per heavy atom. The van der Waals surface area contributed by atoms with Crippen molar-refractivity contribution in [3.8, 4) is 96.7 Å². The Labute approximate surface area is 776 Å². The molecule has 0 unspecified atom stereocenters. The Morgan fingerprint density at radius 2 is 0.661 bits per heavy atom. The van der Waals surface area contributed by atoms with Gasteiger partial charge in [-0.25, -0.2) is 65.1 Å². The van der Waals surface area contributed by atoms with Gasteiger partial charge in [0.1, 0.15) is 69.9 Å². The van der Waals surface area contributed by atoms with E-state index < -0.39 is 0 Å². The van der Waals surface area contributed by atoms with Crippen LogP contribution >= 0.6 is 0 Å². The molecule has 0 aliphatic carbocycles. The van der Waals surface area contributed by atoms with Crippen LogP contribution in [0.3, 0.4) is 0 Å². The van der Waals surface area contributed by atoms with Crippen LogP contribution in [0.25, 0.3) is 90.6 Å². The number of nitriles is 1. The molecular weight excluding hydrogens is 2210 g/mol. The molecule has 646 valence electrons. The van der Waals surface area contributed by atoms with Gasteiger partial charge in [0.25, 0.3) is 0 Å². The molecule has 0 aliphatic heterocycles. The molecule has 0 N–H and O–H groups in total. The quantitative estimate of drug-likeness (QED) is 0.122. The van der Waals surface area contributed by atoms with Crippen molar-refractivity contribution in [2.24, 2.45) is 5.41 Å². The summed E-state index contributed by atoms with van der Waals surface area (Å²) < 4.78 is 0. The van der Waals surface area contributed by atoms with Gasteiger partial charge in [-0.1, -0.05) is 283 Å². The van der Waals surface area contributed by atoms with Crippen LogP contribution in [-0.4, -0.2) is 79.7 Å². The topological polar surface area (TPSA) is 230 Å². The molecule has 0 saturated carbocycles. The maximum atomic E-state index is 9.55. The van der Waals surface area contributed by atoms with Crippen LogP contribution in [0.1, 0.15) is 282 Å². The molecular formula is C100H121Ir4N17-4. The Morgan fingerprint density at radius 1 is 0.314 bits per heavy atom. The maximum absolute atomic E-state index is 9.55. The predicted molar refractivity (Wildman–Crippen MR) is 475 cm³/mol. The molecule has 4 aromatic carbocycles. The smallest absolute Gasteiger partial charge is 0.148 e. The molecule has 8 aromatic heterocycles. The maximum Gasteiger partial charge on any atom is 0.148 e. The van der Waals surface area contributed by atoms with Gasteiger partial charge in [-0.3, -0.25) is 4.98 Å². The number of rotatable bonds is 9. The van der Waals surface area contributed by atoms with E-state index in [0.29, 0.717) is 28.9 Å². The van der Waals surface area contributed by atoms with Crippen LogP contribution in [0, 0.1) is 54.9 Å². The molecule has 0 atom stereocenters. The molecule has 0 fully saturated rings. The van der Waals surface area contributed by atoms with E-state index in [1.165, 1.54) is 11.1 Å². The average molecular weight is 2330 g/mol. The summed E-state index contributed by atoms with van der Waals surface area (Å²) in [5.41, 5.74) is 14.7. The van der Waals surface area contributed by atoms with E-state index >= 15 is 0 Å². The number of pyridine rings is 4. The van der Waals surface area contributed by atoms with Crippen molar-refractivity contribution in [2.45, 2.75) is 277 Å². The molecule has 0 saturated heterocycles. The third kappa shape index (κ3) is 28.8. The van der Waals surface area contributed by atoms with Crippen molar-refractivity contribution >= 4 is 0 Å². The summed E-state index contributed by atoms with van der Waals surface area (Å²) in [4.78, 5) is 75.6. The number of nitrogens with zero attached hydrogens (tertiary/aromatic N) is 17. The molecule has 4 radical (unpaired) electrons. The summed E-state index contributed by atoms with van der Waals surface area (Å²) in [5, 5.41) is 9.55. The molecule has 21 heteroatoms. The third-order valence-corrected chi connectivity index (χ3v) is 18.5. The van der Waals surface area contributed by atoms with Gasteiger partial charge < -0.3 is 15.0 Å². The van der Waals surface area contributed by atoms with E-state index in [9.17, 15) is 5.26 Å². The van der Waals surface area contributed by atoms with Crippen molar-refractivity contribution in [3.05, 3.63) is 239 Å². The Kier molecular flexibility index (Phi) is 34.5. The summed E-state index contributed by atoms with van der Waals surface area (Å²) in [6.45, 7) is 68.2.